The molecule has 0 radical (unpaired) electrons. The lowest BCUT2D eigenvalue weighted by molar-refractivity contribution is -0.137. The van der Waals surface area contributed by atoms with Gasteiger partial charge in [0.15, 0.2) is 0 Å². The van der Waals surface area contributed by atoms with Crippen molar-refractivity contribution in [3.8, 4) is 17.0 Å². The van der Waals surface area contributed by atoms with Crippen molar-refractivity contribution in [3.05, 3.63) is 83.0 Å². The lowest BCUT2D eigenvalue weighted by atomic mass is 9.99. The first-order valence-electron chi connectivity index (χ1n) is 13.6. The predicted octanol–water partition coefficient (Wildman–Crippen LogP) is 7.98. The van der Waals surface area contributed by atoms with E-state index in [4.69, 9.17) is 14.3 Å². The summed E-state index contributed by atoms with van der Waals surface area (Å²) in [5, 5.41) is 9.77. The van der Waals surface area contributed by atoms with Gasteiger partial charge in [0.1, 0.15) is 24.5 Å². The van der Waals surface area contributed by atoms with Crippen LogP contribution in [0.5, 0.6) is 5.88 Å². The summed E-state index contributed by atoms with van der Waals surface area (Å²) in [7, 11) is 0. The van der Waals surface area contributed by atoms with Crippen molar-refractivity contribution in [1.82, 2.24) is 4.98 Å². The van der Waals surface area contributed by atoms with Gasteiger partial charge in [-0.2, -0.15) is 13.2 Å². The normalized spacial score (nSPS) is 19.8. The van der Waals surface area contributed by atoms with Gasteiger partial charge in [-0.25, -0.2) is 9.37 Å². The van der Waals surface area contributed by atoms with E-state index in [-0.39, 0.29) is 35.8 Å². The number of aliphatic hydroxyl groups is 1. The summed E-state index contributed by atoms with van der Waals surface area (Å²) in [6.45, 7) is 10.6. The minimum absolute atomic E-state index is 0.114. The Kier molecular flexibility index (Phi) is 10.5. The first kappa shape index (κ1) is 32.1. The Labute approximate surface area is 238 Å². The summed E-state index contributed by atoms with van der Waals surface area (Å²) < 4.78 is 67.5. The number of nitrogens with zero attached hydrogens (tertiary/aromatic N) is 1. The van der Waals surface area contributed by atoms with Crippen molar-refractivity contribution in [2.45, 2.75) is 71.8 Å². The standard InChI is InChI=1S/C30H33F4NO3.C2H4O/c1-5-23-20(13-21-14-24(21)23)11-18(2)38-17-22-12-19(7-8-27(22)31)25-16-35-28(15-26(25)30(32,33)34)37-10-6-9-29(3,4)36;1-2-3/h5,7-8,11-12,15-16,21,24,36H,2,6,9-10,13-14,17H2,1,3-4H3;2H,1H3/b20-11-,23-5+;. The number of aromatic nitrogens is 1. The summed E-state index contributed by atoms with van der Waals surface area (Å²) >= 11 is 0. The Bertz CT molecular complexity index is 1310. The number of benzene rings is 1. The van der Waals surface area contributed by atoms with Crippen LogP contribution in [0.2, 0.25) is 0 Å². The molecular formula is C32H37F4NO4. The van der Waals surface area contributed by atoms with Crippen molar-refractivity contribution in [2.24, 2.45) is 11.8 Å². The zero-order valence-corrected chi connectivity index (χ0v) is 23.9. The van der Waals surface area contributed by atoms with E-state index >= 15 is 0 Å². The van der Waals surface area contributed by atoms with E-state index in [0.29, 0.717) is 30.4 Å². The molecule has 0 spiro atoms. The number of hydrogen-bond donors (Lipinski definition) is 1. The van der Waals surface area contributed by atoms with Crippen molar-refractivity contribution < 1.29 is 36.9 Å². The SMILES string of the molecule is C=C(/C=C1/CC2CC2/C1=C/C)OCc1cc(-c2cnc(OCCCC(C)(C)O)cc2C(F)(F)F)ccc1F.CC=O. The lowest BCUT2D eigenvalue weighted by Gasteiger charge is -2.17. The van der Waals surface area contributed by atoms with Gasteiger partial charge in [-0.05, 0) is 100 Å². The second-order valence-corrected chi connectivity index (χ2v) is 10.8. The zero-order valence-electron chi connectivity index (χ0n) is 23.9. The quantitative estimate of drug-likeness (QED) is 0.135. The number of carbonyl (C=O) groups is 1. The highest BCUT2D eigenvalue weighted by Gasteiger charge is 2.46. The molecule has 2 aliphatic rings. The van der Waals surface area contributed by atoms with Crippen molar-refractivity contribution in [2.75, 3.05) is 6.61 Å². The Morgan fingerprint density at radius 2 is 1.93 bits per heavy atom. The predicted molar refractivity (Wildman–Crippen MR) is 149 cm³/mol. The van der Waals surface area contributed by atoms with Gasteiger partial charge in [0.2, 0.25) is 5.88 Å². The van der Waals surface area contributed by atoms with Crippen LogP contribution >= 0.6 is 0 Å². The van der Waals surface area contributed by atoms with Crippen LogP contribution < -0.4 is 4.74 Å². The maximum Gasteiger partial charge on any atom is 0.417 e. The number of allylic oxidation sites excluding steroid dienone is 4. The van der Waals surface area contributed by atoms with Crippen molar-refractivity contribution >= 4 is 6.29 Å². The maximum atomic E-state index is 14.6. The van der Waals surface area contributed by atoms with Crippen LogP contribution in [0.15, 0.2) is 66.1 Å². The second kappa shape index (κ2) is 13.5. The molecular weight excluding hydrogens is 538 g/mol. The van der Waals surface area contributed by atoms with E-state index in [9.17, 15) is 22.7 Å². The van der Waals surface area contributed by atoms with Gasteiger partial charge < -0.3 is 19.4 Å². The van der Waals surface area contributed by atoms with Gasteiger partial charge in [0.05, 0.1) is 17.8 Å². The first-order chi connectivity index (χ1) is 19.3. The van der Waals surface area contributed by atoms with Crippen LogP contribution in [0, 0.1) is 17.7 Å². The molecule has 2 aromatic rings. The molecule has 1 N–H and O–H groups in total. The van der Waals surface area contributed by atoms with Crippen molar-refractivity contribution in [3.63, 3.8) is 0 Å². The Morgan fingerprint density at radius 1 is 1.22 bits per heavy atom. The molecule has 2 unspecified atom stereocenters. The summed E-state index contributed by atoms with van der Waals surface area (Å²) in [6, 6.07) is 4.60. The summed E-state index contributed by atoms with van der Waals surface area (Å²) in [6.07, 6.45) is 4.21. The summed E-state index contributed by atoms with van der Waals surface area (Å²) in [5.41, 5.74) is 0.748. The number of rotatable bonds is 10. The molecule has 0 amide bonds. The maximum absolute atomic E-state index is 14.6. The molecule has 5 nitrogen and oxygen atoms in total. The van der Waals surface area contributed by atoms with Gasteiger partial charge in [-0.1, -0.05) is 18.7 Å². The second-order valence-electron chi connectivity index (χ2n) is 10.8. The number of fused-ring (bicyclic) bond motifs is 1. The van der Waals surface area contributed by atoms with Crippen LogP contribution in [-0.4, -0.2) is 28.6 Å². The van der Waals surface area contributed by atoms with Gasteiger partial charge in [-0.3, -0.25) is 0 Å². The highest BCUT2D eigenvalue weighted by molar-refractivity contribution is 5.68. The number of alkyl halides is 3. The molecule has 2 fully saturated rings. The molecule has 1 heterocycles. The third-order valence-electron chi connectivity index (χ3n) is 6.96. The number of carbonyl (C=O) groups excluding carboxylic acids is 1. The van der Waals surface area contributed by atoms with Crippen LogP contribution in [0.4, 0.5) is 17.6 Å². The highest BCUT2D eigenvalue weighted by Crippen LogP contribution is 2.57. The molecule has 9 heteroatoms. The van der Waals surface area contributed by atoms with E-state index < -0.39 is 23.2 Å². The minimum atomic E-state index is -4.68. The molecule has 0 bridgehead atoms. The fourth-order valence-electron chi connectivity index (χ4n) is 4.95. The van der Waals surface area contributed by atoms with Gasteiger partial charge in [0, 0.05) is 23.4 Å². The molecule has 1 aromatic carbocycles. The van der Waals surface area contributed by atoms with Crippen LogP contribution in [0.25, 0.3) is 11.1 Å². The van der Waals surface area contributed by atoms with E-state index in [2.05, 4.69) is 17.6 Å². The molecule has 2 atom stereocenters. The largest absolute Gasteiger partial charge is 0.489 e. The average Bonchev–Trinajstić information content (AvgIpc) is 3.56. The number of hydrogen-bond acceptors (Lipinski definition) is 5. The third kappa shape index (κ3) is 9.01. The molecule has 4 rings (SSSR count). The van der Waals surface area contributed by atoms with Crippen LogP contribution in [-0.2, 0) is 22.3 Å². The molecule has 2 aliphatic carbocycles. The molecule has 2 saturated carbocycles. The van der Waals surface area contributed by atoms with E-state index in [1.807, 2.05) is 13.0 Å². The van der Waals surface area contributed by atoms with E-state index in [0.717, 1.165) is 31.0 Å². The Balaban J connectivity index is 0.00000147. The molecule has 41 heavy (non-hydrogen) atoms. The monoisotopic (exact) mass is 575 g/mol. The fourth-order valence-corrected chi connectivity index (χ4v) is 4.95. The number of halogens is 4. The smallest absolute Gasteiger partial charge is 0.417 e. The average molecular weight is 576 g/mol. The van der Waals surface area contributed by atoms with Crippen LogP contribution in [0.3, 0.4) is 0 Å². The highest BCUT2D eigenvalue weighted by atomic mass is 19.4. The molecule has 0 aliphatic heterocycles. The third-order valence-corrected chi connectivity index (χ3v) is 6.96. The van der Waals surface area contributed by atoms with Gasteiger partial charge >= 0.3 is 6.18 Å². The molecule has 1 aromatic heterocycles. The van der Waals surface area contributed by atoms with Gasteiger partial charge in [-0.15, -0.1) is 0 Å². The van der Waals surface area contributed by atoms with Gasteiger partial charge in [0.25, 0.3) is 0 Å². The summed E-state index contributed by atoms with van der Waals surface area (Å²) in [4.78, 5) is 12.8. The topological polar surface area (TPSA) is 68.7 Å². The van der Waals surface area contributed by atoms with E-state index in [1.54, 1.807) is 13.8 Å². The number of pyridine rings is 1. The Hall–Kier alpha value is -3.46. The summed E-state index contributed by atoms with van der Waals surface area (Å²) in [5.74, 6) is 0.939. The fraction of sp³-hybridized carbons (Fsp3) is 0.438. The Morgan fingerprint density at radius 3 is 2.56 bits per heavy atom. The number of ether oxygens (including phenoxy) is 2. The van der Waals surface area contributed by atoms with Crippen molar-refractivity contribution in [1.29, 1.82) is 0 Å². The minimum Gasteiger partial charge on any atom is -0.489 e. The lowest BCUT2D eigenvalue weighted by Crippen LogP contribution is -2.19. The molecule has 222 valence electrons. The zero-order chi connectivity index (χ0) is 30.4. The molecule has 0 saturated heterocycles. The number of aldehydes is 1. The van der Waals surface area contributed by atoms with Crippen LogP contribution in [0.1, 0.15) is 64.5 Å². The first-order valence-corrected chi connectivity index (χ1v) is 13.6. The van der Waals surface area contributed by atoms with E-state index in [1.165, 1.54) is 36.6 Å².